The number of benzene rings is 1. The molecule has 1 aliphatic carbocycles. The van der Waals surface area contributed by atoms with Gasteiger partial charge in [0, 0.05) is 11.9 Å². The molecule has 1 aromatic heterocycles. The van der Waals surface area contributed by atoms with Crippen LogP contribution in [0, 0.1) is 5.92 Å². The molecule has 118 valence electrons. The van der Waals surface area contributed by atoms with Crippen LogP contribution >= 0.6 is 23.7 Å². The molecule has 0 unspecified atom stereocenters. The van der Waals surface area contributed by atoms with E-state index in [2.05, 4.69) is 10.3 Å². The molecule has 0 radical (unpaired) electrons. The smallest absolute Gasteiger partial charge is 0.275 e. The van der Waals surface area contributed by atoms with Gasteiger partial charge in [-0.3, -0.25) is 4.79 Å². The van der Waals surface area contributed by atoms with Crippen molar-refractivity contribution >= 4 is 35.3 Å². The second kappa shape index (κ2) is 7.58. The third-order valence-corrected chi connectivity index (χ3v) is 4.14. The van der Waals surface area contributed by atoms with E-state index in [1.54, 1.807) is 5.38 Å². The van der Waals surface area contributed by atoms with E-state index in [1.807, 2.05) is 24.3 Å². The zero-order chi connectivity index (χ0) is 14.7. The Morgan fingerprint density at radius 2 is 2.18 bits per heavy atom. The molecule has 1 saturated carbocycles. The molecule has 22 heavy (non-hydrogen) atoms. The number of aromatic nitrogens is 1. The van der Waals surface area contributed by atoms with Crippen LogP contribution in [0.15, 0.2) is 29.6 Å². The van der Waals surface area contributed by atoms with Crippen molar-refractivity contribution in [3.63, 3.8) is 0 Å². The highest BCUT2D eigenvalue weighted by Crippen LogP contribution is 2.31. The van der Waals surface area contributed by atoms with Gasteiger partial charge in [0.15, 0.2) is 0 Å². The average Bonchev–Trinajstić information content (AvgIpc) is 3.21. The van der Waals surface area contributed by atoms with Gasteiger partial charge < -0.3 is 15.8 Å². The van der Waals surface area contributed by atoms with Crippen molar-refractivity contribution in [1.29, 1.82) is 0 Å². The second-order valence-corrected chi connectivity index (χ2v) is 5.98. The number of carbonyl (C=O) groups is 1. The van der Waals surface area contributed by atoms with Gasteiger partial charge in [0.2, 0.25) is 0 Å². The molecular formula is C15H18ClN3O2S. The van der Waals surface area contributed by atoms with Crippen molar-refractivity contribution in [3.8, 4) is 5.75 Å². The van der Waals surface area contributed by atoms with Crippen LogP contribution < -0.4 is 15.8 Å². The number of rotatable bonds is 6. The molecule has 0 spiro atoms. The van der Waals surface area contributed by atoms with Crippen molar-refractivity contribution in [3.05, 3.63) is 40.3 Å². The van der Waals surface area contributed by atoms with Crippen LogP contribution in [0.3, 0.4) is 0 Å². The van der Waals surface area contributed by atoms with Crippen LogP contribution in [0.1, 0.15) is 28.3 Å². The summed E-state index contributed by atoms with van der Waals surface area (Å²) in [5, 5.41) is 5.31. The maximum absolute atomic E-state index is 12.2. The normalized spacial score (nSPS) is 13.3. The second-order valence-electron chi connectivity index (χ2n) is 5.04. The molecule has 1 amide bonds. The van der Waals surface area contributed by atoms with Crippen molar-refractivity contribution in [2.24, 2.45) is 11.7 Å². The highest BCUT2D eigenvalue weighted by Gasteiger charge is 2.22. The van der Waals surface area contributed by atoms with Crippen LogP contribution in [0.4, 0.5) is 5.69 Å². The van der Waals surface area contributed by atoms with E-state index in [-0.39, 0.29) is 18.3 Å². The lowest BCUT2D eigenvalue weighted by Crippen LogP contribution is -2.14. The number of hydrogen-bond acceptors (Lipinski definition) is 5. The number of nitrogens with zero attached hydrogens (tertiary/aromatic N) is 1. The maximum atomic E-state index is 12.2. The van der Waals surface area contributed by atoms with Gasteiger partial charge in [-0.05, 0) is 30.9 Å². The summed E-state index contributed by atoms with van der Waals surface area (Å²) in [7, 11) is 0. The molecule has 1 aromatic carbocycles. The summed E-state index contributed by atoms with van der Waals surface area (Å²) in [6, 6.07) is 7.46. The van der Waals surface area contributed by atoms with Crippen LogP contribution in [0.2, 0.25) is 0 Å². The molecule has 5 nitrogen and oxygen atoms in total. The van der Waals surface area contributed by atoms with Crippen molar-refractivity contribution in [2.75, 3.05) is 11.9 Å². The minimum absolute atomic E-state index is 0. The molecule has 3 rings (SSSR count). The average molecular weight is 340 g/mol. The number of amides is 1. The number of halogens is 1. The molecule has 0 atom stereocenters. The number of anilines is 1. The van der Waals surface area contributed by atoms with Gasteiger partial charge >= 0.3 is 0 Å². The fourth-order valence-corrected chi connectivity index (χ4v) is 2.54. The largest absolute Gasteiger partial charge is 0.491 e. The highest BCUT2D eigenvalue weighted by molar-refractivity contribution is 7.09. The van der Waals surface area contributed by atoms with Gasteiger partial charge in [0.25, 0.3) is 5.91 Å². The number of para-hydroxylation sites is 2. The van der Waals surface area contributed by atoms with E-state index in [4.69, 9.17) is 10.5 Å². The molecule has 0 saturated heterocycles. The molecule has 1 fully saturated rings. The monoisotopic (exact) mass is 339 g/mol. The molecular weight excluding hydrogens is 322 g/mol. The van der Waals surface area contributed by atoms with Gasteiger partial charge in [0.05, 0.1) is 12.3 Å². The Labute approximate surface area is 139 Å². The first kappa shape index (κ1) is 16.7. The third kappa shape index (κ3) is 4.19. The summed E-state index contributed by atoms with van der Waals surface area (Å²) in [4.78, 5) is 16.4. The third-order valence-electron chi connectivity index (χ3n) is 3.27. The Morgan fingerprint density at radius 3 is 2.86 bits per heavy atom. The topological polar surface area (TPSA) is 77.2 Å². The number of carbonyl (C=O) groups excluding carboxylic acids is 1. The summed E-state index contributed by atoms with van der Waals surface area (Å²) in [6.45, 7) is 1.06. The number of nitrogens with two attached hydrogens (primary N) is 1. The van der Waals surface area contributed by atoms with Crippen molar-refractivity contribution in [1.82, 2.24) is 4.98 Å². The highest BCUT2D eigenvalue weighted by atomic mass is 35.5. The number of ether oxygens (including phenoxy) is 1. The van der Waals surface area contributed by atoms with E-state index in [0.717, 1.165) is 5.01 Å². The SMILES string of the molecule is Cl.NCc1nc(C(=O)Nc2ccccc2OCC2CC2)cs1. The van der Waals surface area contributed by atoms with Gasteiger partial charge in [-0.1, -0.05) is 12.1 Å². The molecule has 1 heterocycles. The lowest BCUT2D eigenvalue weighted by molar-refractivity contribution is 0.102. The Bertz CT molecular complexity index is 643. The summed E-state index contributed by atoms with van der Waals surface area (Å²) < 4.78 is 5.77. The first-order valence-electron chi connectivity index (χ1n) is 6.94. The summed E-state index contributed by atoms with van der Waals surface area (Å²) in [5.41, 5.74) is 6.57. The van der Waals surface area contributed by atoms with E-state index in [9.17, 15) is 4.79 Å². The molecule has 1 aliphatic rings. The quantitative estimate of drug-likeness (QED) is 0.848. The van der Waals surface area contributed by atoms with Gasteiger partial charge in [-0.2, -0.15) is 0 Å². The minimum atomic E-state index is -0.242. The van der Waals surface area contributed by atoms with Crippen molar-refractivity contribution in [2.45, 2.75) is 19.4 Å². The van der Waals surface area contributed by atoms with E-state index < -0.39 is 0 Å². The number of thiazole rings is 1. The summed E-state index contributed by atoms with van der Waals surface area (Å²) >= 11 is 1.39. The van der Waals surface area contributed by atoms with Gasteiger partial charge in [0.1, 0.15) is 16.5 Å². The standard InChI is InChI=1S/C15H17N3O2S.ClH/c16-7-14-17-12(9-21-14)15(19)18-11-3-1-2-4-13(11)20-8-10-5-6-10;/h1-4,9-10H,5-8,16H2,(H,18,19);1H. The van der Waals surface area contributed by atoms with Crippen LogP contribution in [0.25, 0.3) is 0 Å². The Morgan fingerprint density at radius 1 is 1.41 bits per heavy atom. The Balaban J connectivity index is 0.00000176. The zero-order valence-electron chi connectivity index (χ0n) is 12.0. The van der Waals surface area contributed by atoms with Gasteiger partial charge in [-0.25, -0.2) is 4.98 Å². The summed E-state index contributed by atoms with van der Waals surface area (Å²) in [6.07, 6.45) is 2.46. The van der Waals surface area contributed by atoms with Crippen LogP contribution in [-0.4, -0.2) is 17.5 Å². The first-order valence-corrected chi connectivity index (χ1v) is 7.82. The van der Waals surface area contributed by atoms with E-state index >= 15 is 0 Å². The first-order chi connectivity index (χ1) is 10.3. The Hall–Kier alpha value is -1.63. The lowest BCUT2D eigenvalue weighted by Gasteiger charge is -2.11. The van der Waals surface area contributed by atoms with Gasteiger partial charge in [-0.15, -0.1) is 23.7 Å². The fraction of sp³-hybridized carbons (Fsp3) is 0.333. The minimum Gasteiger partial charge on any atom is -0.491 e. The van der Waals surface area contributed by atoms with Crippen molar-refractivity contribution < 1.29 is 9.53 Å². The predicted molar refractivity (Wildman–Crippen MR) is 89.9 cm³/mol. The number of nitrogens with one attached hydrogen (secondary N) is 1. The molecule has 0 aliphatic heterocycles. The van der Waals surface area contributed by atoms with E-state index in [0.29, 0.717) is 36.2 Å². The predicted octanol–water partition coefficient (Wildman–Crippen LogP) is 3.06. The molecule has 7 heteroatoms. The van der Waals surface area contributed by atoms with E-state index in [1.165, 1.54) is 24.2 Å². The zero-order valence-corrected chi connectivity index (χ0v) is 13.6. The van der Waals surface area contributed by atoms with Crippen LogP contribution in [0.5, 0.6) is 5.75 Å². The van der Waals surface area contributed by atoms with Crippen LogP contribution in [-0.2, 0) is 6.54 Å². The summed E-state index contributed by atoms with van der Waals surface area (Å²) in [5.74, 6) is 1.12. The lowest BCUT2D eigenvalue weighted by atomic mass is 10.3. The molecule has 3 N–H and O–H groups in total. The Kier molecular flexibility index (Phi) is 5.76. The molecule has 2 aromatic rings. The molecule has 0 bridgehead atoms. The maximum Gasteiger partial charge on any atom is 0.275 e. The fourth-order valence-electron chi connectivity index (χ4n) is 1.88. The number of hydrogen-bond donors (Lipinski definition) is 2.